The molecule has 5 nitrogen and oxygen atoms in total. The second kappa shape index (κ2) is 7.95. The molecule has 2 aromatic heterocycles. The average Bonchev–Trinajstić information content (AvgIpc) is 3.28. The van der Waals surface area contributed by atoms with Gasteiger partial charge in [0.1, 0.15) is 10.8 Å². The van der Waals surface area contributed by atoms with Crippen molar-refractivity contribution in [1.29, 1.82) is 0 Å². The van der Waals surface area contributed by atoms with Crippen LogP contribution in [0.5, 0.6) is 0 Å². The van der Waals surface area contributed by atoms with Gasteiger partial charge in [0.15, 0.2) is 5.16 Å². The lowest BCUT2D eigenvalue weighted by molar-refractivity contribution is -0.111. The molecule has 0 aliphatic carbocycles. The third-order valence-corrected chi connectivity index (χ3v) is 6.02. The molecule has 140 valence electrons. The summed E-state index contributed by atoms with van der Waals surface area (Å²) < 4.78 is 16.6. The van der Waals surface area contributed by atoms with Gasteiger partial charge in [-0.1, -0.05) is 12.1 Å². The molecule has 2 heterocycles. The minimum absolute atomic E-state index is 0.355. The molecule has 4 aromatic rings. The first kappa shape index (κ1) is 18.4. The van der Waals surface area contributed by atoms with Crippen molar-refractivity contribution in [2.24, 2.45) is 7.05 Å². The van der Waals surface area contributed by atoms with Gasteiger partial charge in [-0.3, -0.25) is 4.79 Å². The number of anilines is 1. The monoisotopic (exact) mass is 410 g/mol. The number of rotatable bonds is 5. The van der Waals surface area contributed by atoms with Crippen LogP contribution in [-0.4, -0.2) is 20.4 Å². The van der Waals surface area contributed by atoms with Crippen LogP contribution in [0, 0.1) is 5.82 Å². The molecule has 8 heteroatoms. The minimum atomic E-state index is -0.422. The summed E-state index contributed by atoms with van der Waals surface area (Å²) in [4.78, 5) is 21.8. The van der Waals surface area contributed by atoms with Crippen molar-refractivity contribution in [2.75, 3.05) is 5.32 Å². The molecule has 0 unspecified atom stereocenters. The summed E-state index contributed by atoms with van der Waals surface area (Å²) in [6.45, 7) is 0. The predicted octanol–water partition coefficient (Wildman–Crippen LogP) is 4.97. The van der Waals surface area contributed by atoms with E-state index < -0.39 is 5.82 Å². The number of halogens is 1. The fraction of sp³-hybridized carbons (Fsp3) is 0.0500. The van der Waals surface area contributed by atoms with Crippen molar-refractivity contribution in [3.8, 4) is 0 Å². The van der Waals surface area contributed by atoms with Gasteiger partial charge < -0.3 is 9.88 Å². The Kier molecular flexibility index (Phi) is 5.23. The summed E-state index contributed by atoms with van der Waals surface area (Å²) in [5.41, 5.74) is 1.29. The number of carbonyl (C=O) groups is 1. The van der Waals surface area contributed by atoms with Gasteiger partial charge in [-0.15, -0.1) is 11.3 Å². The standard InChI is InChI=1S/C20H15FN4OS2/c1-25-11-10-22-20(25)28-17-7-6-13(21)12-15(17)23-18(26)8-9-19-24-14-4-2-3-5-16(14)27-19/h2-12H,1H3,(H,23,26)/b9-8+. The van der Waals surface area contributed by atoms with Crippen LogP contribution in [0.25, 0.3) is 16.3 Å². The largest absolute Gasteiger partial charge is 0.329 e. The molecular weight excluding hydrogens is 395 g/mol. The Morgan fingerprint density at radius 1 is 1.29 bits per heavy atom. The molecule has 4 rings (SSSR count). The first-order valence-electron chi connectivity index (χ1n) is 8.38. The highest BCUT2D eigenvalue weighted by Crippen LogP contribution is 2.33. The van der Waals surface area contributed by atoms with Gasteiger partial charge >= 0.3 is 0 Å². The van der Waals surface area contributed by atoms with E-state index in [0.717, 1.165) is 20.4 Å². The number of amides is 1. The molecule has 1 N–H and O–H groups in total. The summed E-state index contributed by atoms with van der Waals surface area (Å²) >= 11 is 2.85. The summed E-state index contributed by atoms with van der Waals surface area (Å²) in [5, 5.41) is 4.22. The van der Waals surface area contributed by atoms with Crippen LogP contribution in [0.3, 0.4) is 0 Å². The van der Waals surface area contributed by atoms with Crippen molar-refractivity contribution >= 4 is 51.0 Å². The molecule has 28 heavy (non-hydrogen) atoms. The van der Waals surface area contributed by atoms with Crippen LogP contribution in [0.4, 0.5) is 10.1 Å². The Balaban J connectivity index is 1.52. The fourth-order valence-corrected chi connectivity index (χ4v) is 4.26. The Bertz CT molecular complexity index is 1150. The van der Waals surface area contributed by atoms with E-state index in [1.54, 1.807) is 18.3 Å². The lowest BCUT2D eigenvalue weighted by Crippen LogP contribution is -2.09. The Morgan fingerprint density at radius 3 is 2.93 bits per heavy atom. The molecule has 0 bridgehead atoms. The van der Waals surface area contributed by atoms with E-state index in [1.165, 1.54) is 41.3 Å². The Morgan fingerprint density at radius 2 is 2.14 bits per heavy atom. The van der Waals surface area contributed by atoms with Crippen LogP contribution in [0.15, 0.2) is 71.0 Å². The van der Waals surface area contributed by atoms with Gasteiger partial charge in [0, 0.05) is 30.4 Å². The highest BCUT2D eigenvalue weighted by molar-refractivity contribution is 7.99. The number of aryl methyl sites for hydroxylation is 1. The number of nitrogens with zero attached hydrogens (tertiary/aromatic N) is 3. The number of thiazole rings is 1. The number of para-hydroxylation sites is 1. The number of fused-ring (bicyclic) bond motifs is 1. The van der Waals surface area contributed by atoms with E-state index in [2.05, 4.69) is 15.3 Å². The second-order valence-electron chi connectivity index (χ2n) is 5.91. The average molecular weight is 410 g/mol. The van der Waals surface area contributed by atoms with Gasteiger partial charge in [0.05, 0.1) is 15.9 Å². The Labute approximate surface area is 168 Å². The first-order chi connectivity index (χ1) is 13.6. The predicted molar refractivity (Wildman–Crippen MR) is 111 cm³/mol. The van der Waals surface area contributed by atoms with Crippen molar-refractivity contribution < 1.29 is 9.18 Å². The van der Waals surface area contributed by atoms with Gasteiger partial charge in [0.25, 0.3) is 0 Å². The van der Waals surface area contributed by atoms with E-state index in [1.807, 2.05) is 42.1 Å². The number of nitrogens with one attached hydrogen (secondary N) is 1. The highest BCUT2D eigenvalue weighted by atomic mass is 32.2. The van der Waals surface area contributed by atoms with Crippen molar-refractivity contribution in [3.05, 3.63) is 71.8 Å². The molecule has 0 aliphatic heterocycles. The molecule has 0 atom stereocenters. The quantitative estimate of drug-likeness (QED) is 0.472. The van der Waals surface area contributed by atoms with Gasteiger partial charge in [-0.25, -0.2) is 14.4 Å². The third kappa shape index (κ3) is 4.13. The van der Waals surface area contributed by atoms with Gasteiger partial charge in [0.2, 0.25) is 5.91 Å². The first-order valence-corrected chi connectivity index (χ1v) is 10.0. The zero-order valence-electron chi connectivity index (χ0n) is 14.8. The summed E-state index contributed by atoms with van der Waals surface area (Å²) in [6.07, 6.45) is 6.57. The number of hydrogen-bond donors (Lipinski definition) is 1. The lowest BCUT2D eigenvalue weighted by Gasteiger charge is -2.09. The van der Waals surface area contributed by atoms with Crippen LogP contribution < -0.4 is 5.32 Å². The van der Waals surface area contributed by atoms with E-state index in [4.69, 9.17) is 0 Å². The van der Waals surface area contributed by atoms with E-state index >= 15 is 0 Å². The van der Waals surface area contributed by atoms with Gasteiger partial charge in [-0.05, 0) is 48.2 Å². The number of carbonyl (C=O) groups excluding carboxylic acids is 1. The maximum Gasteiger partial charge on any atom is 0.248 e. The van der Waals surface area contributed by atoms with E-state index in [9.17, 15) is 9.18 Å². The number of imidazole rings is 1. The topological polar surface area (TPSA) is 59.8 Å². The smallest absolute Gasteiger partial charge is 0.248 e. The third-order valence-electron chi connectivity index (χ3n) is 3.87. The van der Waals surface area contributed by atoms with Crippen LogP contribution in [-0.2, 0) is 11.8 Å². The Hall–Kier alpha value is -2.97. The fourth-order valence-electron chi connectivity index (χ4n) is 2.52. The summed E-state index contributed by atoms with van der Waals surface area (Å²) in [6, 6.07) is 12.1. The zero-order chi connectivity index (χ0) is 19.5. The van der Waals surface area contributed by atoms with Crippen LogP contribution >= 0.6 is 23.1 Å². The lowest BCUT2D eigenvalue weighted by atomic mass is 10.3. The zero-order valence-corrected chi connectivity index (χ0v) is 16.4. The molecule has 0 saturated carbocycles. The number of aromatic nitrogens is 3. The molecule has 0 saturated heterocycles. The normalized spacial score (nSPS) is 11.4. The summed E-state index contributed by atoms with van der Waals surface area (Å²) in [7, 11) is 1.87. The number of hydrogen-bond acceptors (Lipinski definition) is 5. The molecule has 2 aromatic carbocycles. The van der Waals surface area contributed by atoms with E-state index in [-0.39, 0.29) is 5.91 Å². The molecule has 0 radical (unpaired) electrons. The summed E-state index contributed by atoms with van der Waals surface area (Å²) in [5.74, 6) is -0.777. The maximum atomic E-state index is 13.7. The van der Waals surface area contributed by atoms with Crippen molar-refractivity contribution in [3.63, 3.8) is 0 Å². The SMILES string of the molecule is Cn1ccnc1Sc1ccc(F)cc1NC(=O)/C=C/c1nc2ccccc2s1. The van der Waals surface area contributed by atoms with Crippen LogP contribution in [0.1, 0.15) is 5.01 Å². The highest BCUT2D eigenvalue weighted by Gasteiger charge is 2.11. The minimum Gasteiger partial charge on any atom is -0.329 e. The molecule has 1 amide bonds. The number of benzene rings is 2. The molecule has 0 fully saturated rings. The molecule has 0 spiro atoms. The maximum absolute atomic E-state index is 13.7. The van der Waals surface area contributed by atoms with Crippen molar-refractivity contribution in [2.45, 2.75) is 10.1 Å². The molecular formula is C20H15FN4OS2. The second-order valence-corrected chi connectivity index (χ2v) is 7.98. The molecule has 0 aliphatic rings. The van der Waals surface area contributed by atoms with Crippen molar-refractivity contribution in [1.82, 2.24) is 14.5 Å². The van der Waals surface area contributed by atoms with Crippen LogP contribution in [0.2, 0.25) is 0 Å². The van der Waals surface area contributed by atoms with E-state index in [0.29, 0.717) is 10.6 Å². The van der Waals surface area contributed by atoms with Gasteiger partial charge in [-0.2, -0.15) is 0 Å².